The lowest BCUT2D eigenvalue weighted by molar-refractivity contribution is 0.322. The number of hydrogen-bond acceptors (Lipinski definition) is 1. The van der Waals surface area contributed by atoms with Gasteiger partial charge in [-0.25, -0.2) is 0 Å². The maximum Gasteiger partial charge on any atom is 0.0179 e. The van der Waals surface area contributed by atoms with Crippen molar-refractivity contribution in [3.8, 4) is 0 Å². The number of nitrogens with zero attached hydrogens (tertiary/aromatic N) is 1. The van der Waals surface area contributed by atoms with Gasteiger partial charge in [0.2, 0.25) is 0 Å². The highest BCUT2D eigenvalue weighted by molar-refractivity contribution is 5.23. The first-order valence-electron chi connectivity index (χ1n) is 5.93. The van der Waals surface area contributed by atoms with Gasteiger partial charge in [-0.15, -0.1) is 0 Å². The molecule has 0 saturated heterocycles. The normalized spacial score (nSPS) is 15.0. The quantitative estimate of drug-likeness (QED) is 0.658. The van der Waals surface area contributed by atoms with Crippen molar-refractivity contribution in [1.29, 1.82) is 0 Å². The zero-order valence-corrected chi connectivity index (χ0v) is 12.2. The van der Waals surface area contributed by atoms with Gasteiger partial charge >= 0.3 is 0 Å². The second-order valence-corrected chi connectivity index (χ2v) is 6.58. The Morgan fingerprint density at radius 1 is 0.867 bits per heavy atom. The van der Waals surface area contributed by atoms with Gasteiger partial charge in [0.1, 0.15) is 0 Å². The van der Waals surface area contributed by atoms with Crippen LogP contribution >= 0.6 is 0 Å². The molecule has 0 aromatic heterocycles. The van der Waals surface area contributed by atoms with E-state index >= 15 is 0 Å². The zero-order chi connectivity index (χ0) is 12.4. The lowest BCUT2D eigenvalue weighted by Crippen LogP contribution is -2.29. The summed E-state index contributed by atoms with van der Waals surface area (Å²) in [7, 11) is 4.31. The van der Waals surface area contributed by atoms with Crippen LogP contribution in [0, 0.1) is 10.8 Å². The van der Waals surface area contributed by atoms with Crippen LogP contribution in [0.5, 0.6) is 0 Å². The van der Waals surface area contributed by atoms with Crippen LogP contribution < -0.4 is 0 Å². The third kappa shape index (κ3) is 3.89. The summed E-state index contributed by atoms with van der Waals surface area (Å²) in [5.41, 5.74) is 3.54. The van der Waals surface area contributed by atoms with E-state index in [9.17, 15) is 0 Å². The maximum absolute atomic E-state index is 2.31. The van der Waals surface area contributed by atoms with E-state index in [4.69, 9.17) is 0 Å². The first kappa shape index (κ1) is 14.5. The summed E-state index contributed by atoms with van der Waals surface area (Å²) in [6.45, 7) is 16.1. The van der Waals surface area contributed by atoms with Crippen LogP contribution in [0.3, 0.4) is 0 Å². The summed E-state index contributed by atoms with van der Waals surface area (Å²) in [5.74, 6) is 0. The molecule has 0 fully saturated rings. The first-order valence-corrected chi connectivity index (χ1v) is 5.93. The molecular weight excluding hydrogens is 182 g/mol. The summed E-state index contributed by atoms with van der Waals surface area (Å²) in [6.07, 6.45) is 1.13. The van der Waals surface area contributed by atoms with Gasteiger partial charge in [-0.05, 0) is 17.4 Å². The Hall–Kier alpha value is -0.460. The van der Waals surface area contributed by atoms with Gasteiger partial charge in [0, 0.05) is 25.2 Å². The Bertz CT molecular complexity index is 233. The van der Waals surface area contributed by atoms with Crippen molar-refractivity contribution in [3.05, 3.63) is 11.3 Å². The molecule has 0 aromatic carbocycles. The van der Waals surface area contributed by atoms with Crippen molar-refractivity contribution in [2.75, 3.05) is 14.1 Å². The molecule has 0 heterocycles. The number of hydrogen-bond donors (Lipinski definition) is 0. The van der Waals surface area contributed by atoms with Crippen LogP contribution in [-0.4, -0.2) is 19.0 Å². The Morgan fingerprint density at radius 3 is 1.33 bits per heavy atom. The van der Waals surface area contributed by atoms with Crippen LogP contribution in [0.15, 0.2) is 11.3 Å². The van der Waals surface area contributed by atoms with Gasteiger partial charge in [-0.1, -0.05) is 48.5 Å². The van der Waals surface area contributed by atoms with Crippen LogP contribution in [0.2, 0.25) is 0 Å². The molecular formula is C14H29N. The van der Waals surface area contributed by atoms with E-state index in [-0.39, 0.29) is 10.8 Å². The monoisotopic (exact) mass is 211 g/mol. The largest absolute Gasteiger partial charge is 0.381 e. The SMILES string of the molecule is CC/C(=C(\N(C)C)C(C)(C)C)C(C)(C)C. The van der Waals surface area contributed by atoms with E-state index in [0.717, 1.165) is 6.42 Å². The molecule has 0 aliphatic heterocycles. The molecule has 90 valence electrons. The highest BCUT2D eigenvalue weighted by atomic mass is 15.1. The Labute approximate surface area is 96.6 Å². The molecule has 0 radical (unpaired) electrons. The molecule has 0 saturated carbocycles. The van der Waals surface area contributed by atoms with Crippen LogP contribution in [-0.2, 0) is 0 Å². The van der Waals surface area contributed by atoms with E-state index in [1.165, 1.54) is 5.70 Å². The molecule has 0 N–H and O–H groups in total. The van der Waals surface area contributed by atoms with Gasteiger partial charge in [-0.3, -0.25) is 0 Å². The number of rotatable bonds is 2. The highest BCUT2D eigenvalue weighted by Crippen LogP contribution is 2.38. The standard InChI is InChI=1S/C14H29N/c1-10-11(13(2,3)4)12(15(8)9)14(5,6)7/h10H2,1-9H3/b12-11+. The molecule has 0 aliphatic carbocycles. The molecule has 0 aliphatic rings. The fraction of sp³-hybridized carbons (Fsp3) is 0.857. The van der Waals surface area contributed by atoms with Crippen molar-refractivity contribution in [3.63, 3.8) is 0 Å². The van der Waals surface area contributed by atoms with Crippen molar-refractivity contribution < 1.29 is 0 Å². The van der Waals surface area contributed by atoms with E-state index in [1.807, 2.05) is 0 Å². The minimum absolute atomic E-state index is 0.224. The van der Waals surface area contributed by atoms with E-state index in [0.29, 0.717) is 0 Å². The lowest BCUT2D eigenvalue weighted by Gasteiger charge is -2.37. The minimum atomic E-state index is 0.224. The summed E-state index contributed by atoms with van der Waals surface area (Å²) in [4.78, 5) is 2.28. The molecule has 15 heavy (non-hydrogen) atoms. The van der Waals surface area contributed by atoms with Gasteiger partial charge < -0.3 is 4.90 Å². The molecule has 0 bridgehead atoms. The third-order valence-corrected chi connectivity index (χ3v) is 2.70. The molecule has 1 heteroatoms. The first-order chi connectivity index (χ1) is 6.51. The van der Waals surface area contributed by atoms with Crippen molar-refractivity contribution in [2.24, 2.45) is 10.8 Å². The molecule has 1 nitrogen and oxygen atoms in total. The van der Waals surface area contributed by atoms with Gasteiger partial charge in [-0.2, -0.15) is 0 Å². The minimum Gasteiger partial charge on any atom is -0.381 e. The summed E-state index contributed by atoms with van der Waals surface area (Å²) in [5, 5.41) is 0. The Kier molecular flexibility index (Phi) is 4.45. The van der Waals surface area contributed by atoms with Gasteiger partial charge in [0.25, 0.3) is 0 Å². The average molecular weight is 211 g/mol. The van der Waals surface area contributed by atoms with Gasteiger partial charge in [0.05, 0.1) is 0 Å². The average Bonchev–Trinajstić information content (AvgIpc) is 1.93. The number of allylic oxidation sites excluding steroid dienone is 2. The summed E-state index contributed by atoms with van der Waals surface area (Å²) < 4.78 is 0. The predicted octanol–water partition coefficient (Wildman–Crippen LogP) is 4.30. The van der Waals surface area contributed by atoms with Gasteiger partial charge in [0.15, 0.2) is 0 Å². The Morgan fingerprint density at radius 2 is 1.27 bits per heavy atom. The molecule has 0 spiro atoms. The molecule has 0 rings (SSSR count). The topological polar surface area (TPSA) is 3.24 Å². The maximum atomic E-state index is 2.31. The van der Waals surface area contributed by atoms with Crippen LogP contribution in [0.25, 0.3) is 0 Å². The van der Waals surface area contributed by atoms with Crippen molar-refractivity contribution >= 4 is 0 Å². The zero-order valence-electron chi connectivity index (χ0n) is 12.2. The fourth-order valence-electron chi connectivity index (χ4n) is 2.45. The Balaban J connectivity index is 5.62. The third-order valence-electron chi connectivity index (χ3n) is 2.70. The molecule has 0 unspecified atom stereocenters. The summed E-state index contributed by atoms with van der Waals surface area (Å²) >= 11 is 0. The van der Waals surface area contributed by atoms with E-state index in [1.54, 1.807) is 5.57 Å². The second kappa shape index (κ2) is 4.59. The molecule has 0 atom stereocenters. The molecule has 0 amide bonds. The van der Waals surface area contributed by atoms with Crippen LogP contribution in [0.4, 0.5) is 0 Å². The van der Waals surface area contributed by atoms with E-state index < -0.39 is 0 Å². The van der Waals surface area contributed by atoms with Crippen molar-refractivity contribution in [1.82, 2.24) is 4.90 Å². The van der Waals surface area contributed by atoms with Crippen LogP contribution in [0.1, 0.15) is 54.9 Å². The molecule has 0 aromatic rings. The van der Waals surface area contributed by atoms with Crippen molar-refractivity contribution in [2.45, 2.75) is 54.9 Å². The smallest absolute Gasteiger partial charge is 0.0179 e. The highest BCUT2D eigenvalue weighted by Gasteiger charge is 2.27. The lowest BCUT2D eigenvalue weighted by atomic mass is 9.77. The second-order valence-electron chi connectivity index (χ2n) is 6.58. The fourth-order valence-corrected chi connectivity index (χ4v) is 2.45. The summed E-state index contributed by atoms with van der Waals surface area (Å²) in [6, 6.07) is 0. The predicted molar refractivity (Wildman–Crippen MR) is 69.9 cm³/mol. The van der Waals surface area contributed by atoms with E-state index in [2.05, 4.69) is 67.5 Å².